The highest BCUT2D eigenvalue weighted by molar-refractivity contribution is 7.86. The lowest BCUT2D eigenvalue weighted by Gasteiger charge is -1.95. The van der Waals surface area contributed by atoms with Crippen molar-refractivity contribution < 1.29 is 16.7 Å². The van der Waals surface area contributed by atoms with Crippen molar-refractivity contribution in [2.75, 3.05) is 0 Å². The molecule has 1 rings (SSSR count). The van der Waals surface area contributed by atoms with E-state index < -0.39 is 26.1 Å². The fourth-order valence-electron chi connectivity index (χ4n) is 0.581. The molecule has 66 valence electrons. The average Bonchev–Trinajstić information content (AvgIpc) is 1.83. The van der Waals surface area contributed by atoms with E-state index in [9.17, 15) is 16.7 Å². The van der Waals surface area contributed by atoms with Crippen molar-refractivity contribution in [3.8, 4) is 0 Å². The second kappa shape index (κ2) is 2.95. The van der Waals surface area contributed by atoms with Gasteiger partial charge in [-0.15, -0.1) is 0 Å². The summed E-state index contributed by atoms with van der Waals surface area (Å²) in [7, 11) is -4.96. The van der Waals surface area contributed by atoms with Crippen molar-refractivity contribution in [2.45, 2.75) is 5.03 Å². The van der Waals surface area contributed by atoms with Crippen molar-refractivity contribution >= 4 is 21.8 Å². The molecule has 0 fully saturated rings. The van der Waals surface area contributed by atoms with Gasteiger partial charge in [0.1, 0.15) is 5.82 Å². The lowest BCUT2D eigenvalue weighted by atomic mass is 10.5. The highest BCUT2D eigenvalue weighted by atomic mass is 35.5. The minimum Gasteiger partial charge on any atom is -0.238 e. The summed E-state index contributed by atoms with van der Waals surface area (Å²) in [5, 5.41) is -1.54. The topological polar surface area (TPSA) is 47.0 Å². The van der Waals surface area contributed by atoms with Gasteiger partial charge in [0, 0.05) is 0 Å². The van der Waals surface area contributed by atoms with Gasteiger partial charge in [0.2, 0.25) is 5.03 Å². The Morgan fingerprint density at radius 1 is 1.50 bits per heavy atom. The van der Waals surface area contributed by atoms with Crippen molar-refractivity contribution in [2.24, 2.45) is 0 Å². The lowest BCUT2D eigenvalue weighted by molar-refractivity contribution is 0.546. The monoisotopic (exact) mass is 213 g/mol. The first-order chi connectivity index (χ1) is 5.41. The number of halogens is 3. The summed E-state index contributed by atoms with van der Waals surface area (Å²) >= 11 is 5.19. The van der Waals surface area contributed by atoms with Crippen LogP contribution in [0.3, 0.4) is 0 Å². The third-order valence-corrected chi connectivity index (χ3v) is 2.19. The van der Waals surface area contributed by atoms with E-state index in [1.54, 1.807) is 0 Å². The highest BCUT2D eigenvalue weighted by Gasteiger charge is 2.18. The van der Waals surface area contributed by atoms with E-state index in [4.69, 9.17) is 11.6 Å². The molecule has 0 saturated heterocycles. The minimum absolute atomic E-state index is 0.568. The Morgan fingerprint density at radius 3 is 2.50 bits per heavy atom. The van der Waals surface area contributed by atoms with Gasteiger partial charge in [0.25, 0.3) is 0 Å². The summed E-state index contributed by atoms with van der Waals surface area (Å²) in [6.45, 7) is 0. The van der Waals surface area contributed by atoms with Crippen LogP contribution in [0.15, 0.2) is 17.3 Å². The fourth-order valence-corrected chi connectivity index (χ4v) is 1.48. The zero-order chi connectivity index (χ0) is 9.35. The van der Waals surface area contributed by atoms with Gasteiger partial charge in [-0.3, -0.25) is 0 Å². The molecule has 0 aliphatic rings. The normalized spacial score (nSPS) is 11.6. The van der Waals surface area contributed by atoms with Crippen LogP contribution in [0.2, 0.25) is 5.02 Å². The van der Waals surface area contributed by atoms with Gasteiger partial charge >= 0.3 is 10.2 Å². The summed E-state index contributed by atoms with van der Waals surface area (Å²) in [4.78, 5) is 2.98. The zero-order valence-electron chi connectivity index (χ0n) is 5.46. The summed E-state index contributed by atoms with van der Waals surface area (Å²) < 4.78 is 44.9. The Balaban J connectivity index is 3.39. The van der Waals surface area contributed by atoms with Crippen LogP contribution in [0.1, 0.15) is 0 Å². The van der Waals surface area contributed by atoms with E-state index in [-0.39, 0.29) is 0 Å². The van der Waals surface area contributed by atoms with Crippen molar-refractivity contribution in [1.29, 1.82) is 0 Å². The van der Waals surface area contributed by atoms with Gasteiger partial charge in [-0.25, -0.2) is 9.37 Å². The van der Waals surface area contributed by atoms with Crippen LogP contribution in [0, 0.1) is 5.82 Å². The average molecular weight is 214 g/mol. The molecule has 0 spiro atoms. The number of hydrogen-bond donors (Lipinski definition) is 0. The molecule has 0 aliphatic carbocycles. The molecule has 0 atom stereocenters. The Kier molecular flexibility index (Phi) is 2.29. The molecule has 1 heterocycles. The third kappa shape index (κ3) is 1.89. The first-order valence-electron chi connectivity index (χ1n) is 2.67. The van der Waals surface area contributed by atoms with Gasteiger partial charge < -0.3 is 0 Å². The predicted octanol–water partition coefficient (Wildman–Crippen LogP) is 1.53. The summed E-state index contributed by atoms with van der Waals surface area (Å²) in [5.41, 5.74) is 0. The molecular formula is C5H2ClF2NO2S. The zero-order valence-corrected chi connectivity index (χ0v) is 7.03. The standard InChI is InChI=1S/C5H2ClF2NO2S/c6-4-1-3(7)2-9-5(4)12(8,10)11/h1-2H. The van der Waals surface area contributed by atoms with Gasteiger partial charge in [-0.1, -0.05) is 15.5 Å². The Hall–Kier alpha value is -0.750. The van der Waals surface area contributed by atoms with E-state index in [1.807, 2.05) is 0 Å². The molecule has 0 aliphatic heterocycles. The first-order valence-corrected chi connectivity index (χ1v) is 4.43. The Labute approximate surface area is 72.2 Å². The smallest absolute Gasteiger partial charge is 0.238 e. The lowest BCUT2D eigenvalue weighted by Crippen LogP contribution is -1.97. The molecule has 1 aromatic rings. The largest absolute Gasteiger partial charge is 0.351 e. The fraction of sp³-hybridized carbons (Fsp3) is 0. The number of rotatable bonds is 1. The van der Waals surface area contributed by atoms with Crippen LogP contribution in [0.25, 0.3) is 0 Å². The van der Waals surface area contributed by atoms with Crippen molar-refractivity contribution in [3.63, 3.8) is 0 Å². The molecule has 0 radical (unpaired) electrons. The maximum atomic E-state index is 12.3. The van der Waals surface area contributed by atoms with E-state index >= 15 is 0 Å². The van der Waals surface area contributed by atoms with Crippen LogP contribution in [-0.2, 0) is 10.2 Å². The molecule has 0 amide bonds. The predicted molar refractivity (Wildman–Crippen MR) is 37.5 cm³/mol. The van der Waals surface area contributed by atoms with Crippen LogP contribution < -0.4 is 0 Å². The van der Waals surface area contributed by atoms with E-state index in [0.29, 0.717) is 12.3 Å². The van der Waals surface area contributed by atoms with E-state index in [1.165, 1.54) is 0 Å². The highest BCUT2D eigenvalue weighted by Crippen LogP contribution is 2.20. The number of nitrogens with zero attached hydrogens (tertiary/aromatic N) is 1. The van der Waals surface area contributed by atoms with E-state index in [0.717, 1.165) is 0 Å². The van der Waals surface area contributed by atoms with Gasteiger partial charge in [0.15, 0.2) is 0 Å². The van der Waals surface area contributed by atoms with Crippen LogP contribution in [-0.4, -0.2) is 13.4 Å². The third-order valence-electron chi connectivity index (χ3n) is 1.01. The Bertz CT molecular complexity index is 406. The second-order valence-corrected chi connectivity index (χ2v) is 3.55. The molecule has 0 saturated carbocycles. The van der Waals surface area contributed by atoms with E-state index in [2.05, 4.69) is 4.98 Å². The number of hydrogen-bond acceptors (Lipinski definition) is 3. The molecule has 1 aromatic heterocycles. The second-order valence-electron chi connectivity index (χ2n) is 1.88. The SMILES string of the molecule is O=S(=O)(F)c1ncc(F)cc1Cl. The van der Waals surface area contributed by atoms with Crippen LogP contribution in [0.4, 0.5) is 8.28 Å². The minimum atomic E-state index is -4.96. The molecule has 0 bridgehead atoms. The Morgan fingerprint density at radius 2 is 2.08 bits per heavy atom. The molecule has 0 aromatic carbocycles. The van der Waals surface area contributed by atoms with Gasteiger partial charge in [-0.05, 0) is 6.07 Å². The quantitative estimate of drug-likeness (QED) is 0.665. The number of pyridine rings is 1. The molecule has 7 heteroatoms. The van der Waals surface area contributed by atoms with Gasteiger partial charge in [-0.2, -0.15) is 8.42 Å². The first kappa shape index (κ1) is 9.34. The summed E-state index contributed by atoms with van der Waals surface area (Å²) in [6, 6.07) is 0.668. The van der Waals surface area contributed by atoms with Crippen LogP contribution in [0.5, 0.6) is 0 Å². The summed E-state index contributed by atoms with van der Waals surface area (Å²) in [5.74, 6) is -0.826. The molecule has 0 unspecified atom stereocenters. The van der Waals surface area contributed by atoms with Gasteiger partial charge in [0.05, 0.1) is 11.2 Å². The van der Waals surface area contributed by atoms with Crippen LogP contribution >= 0.6 is 11.6 Å². The summed E-state index contributed by atoms with van der Waals surface area (Å²) in [6.07, 6.45) is 0.568. The van der Waals surface area contributed by atoms with Crippen molar-refractivity contribution in [1.82, 2.24) is 4.98 Å². The maximum Gasteiger partial charge on any atom is 0.351 e. The molecule has 12 heavy (non-hydrogen) atoms. The molecule has 0 N–H and O–H groups in total. The molecular weight excluding hydrogens is 212 g/mol. The maximum absolute atomic E-state index is 12.3. The molecule has 3 nitrogen and oxygen atoms in total. The van der Waals surface area contributed by atoms with Crippen molar-refractivity contribution in [3.05, 3.63) is 23.1 Å². The number of aromatic nitrogens is 1.